The summed E-state index contributed by atoms with van der Waals surface area (Å²) in [4.78, 5) is 13.9. The lowest BCUT2D eigenvalue weighted by Gasteiger charge is -2.29. The second-order valence-electron chi connectivity index (χ2n) is 5.84. The molecule has 1 fully saturated rings. The Bertz CT molecular complexity index is 696. The predicted octanol–water partition coefficient (Wildman–Crippen LogP) is 3.36. The highest BCUT2D eigenvalue weighted by Gasteiger charge is 2.39. The maximum Gasteiger partial charge on any atom is 0.309 e. The third kappa shape index (κ3) is 3.02. The number of methoxy groups -OCH3 is 2. The molecule has 3 rings (SSSR count). The minimum absolute atomic E-state index is 0.193. The molecule has 0 saturated carbocycles. The summed E-state index contributed by atoms with van der Waals surface area (Å²) in [6.45, 7) is 0.708. The fourth-order valence-electron chi connectivity index (χ4n) is 3.33. The minimum atomic E-state index is -0.758. The Hall–Kier alpha value is -2.69. The van der Waals surface area contributed by atoms with Crippen LogP contribution in [0.15, 0.2) is 48.5 Å². The van der Waals surface area contributed by atoms with Crippen molar-refractivity contribution in [2.75, 3.05) is 25.7 Å². The first-order chi connectivity index (χ1) is 11.6. The van der Waals surface area contributed by atoms with Gasteiger partial charge in [0.25, 0.3) is 0 Å². The van der Waals surface area contributed by atoms with E-state index in [1.807, 2.05) is 48.5 Å². The maximum atomic E-state index is 11.7. The maximum absolute atomic E-state index is 11.7. The molecule has 1 heterocycles. The topological polar surface area (TPSA) is 59.0 Å². The van der Waals surface area contributed by atoms with E-state index in [1.165, 1.54) is 0 Å². The summed E-state index contributed by atoms with van der Waals surface area (Å²) in [5, 5.41) is 9.62. The van der Waals surface area contributed by atoms with Crippen molar-refractivity contribution in [2.24, 2.45) is 5.92 Å². The summed E-state index contributed by atoms with van der Waals surface area (Å²) in [6, 6.07) is 15.2. The lowest BCUT2D eigenvalue weighted by atomic mass is 9.93. The van der Waals surface area contributed by atoms with E-state index in [4.69, 9.17) is 9.47 Å². The van der Waals surface area contributed by atoms with E-state index in [9.17, 15) is 9.90 Å². The zero-order valence-corrected chi connectivity index (χ0v) is 13.8. The number of ether oxygens (including phenoxy) is 2. The van der Waals surface area contributed by atoms with Gasteiger partial charge in [-0.25, -0.2) is 0 Å². The van der Waals surface area contributed by atoms with Gasteiger partial charge in [0.15, 0.2) is 0 Å². The monoisotopic (exact) mass is 327 g/mol. The fourth-order valence-corrected chi connectivity index (χ4v) is 3.33. The molecule has 1 N–H and O–H groups in total. The zero-order valence-electron chi connectivity index (χ0n) is 13.8. The number of hydrogen-bond acceptors (Lipinski definition) is 4. The number of anilines is 1. The van der Waals surface area contributed by atoms with Crippen molar-refractivity contribution in [1.82, 2.24) is 0 Å². The Morgan fingerprint density at radius 3 is 2.04 bits per heavy atom. The molecule has 0 spiro atoms. The quantitative estimate of drug-likeness (QED) is 0.912. The van der Waals surface area contributed by atoms with E-state index in [2.05, 4.69) is 4.90 Å². The molecule has 0 unspecified atom stereocenters. The Kier molecular flexibility index (Phi) is 4.60. The average Bonchev–Trinajstić information content (AvgIpc) is 3.07. The molecule has 2 aromatic rings. The van der Waals surface area contributed by atoms with Crippen molar-refractivity contribution >= 4 is 11.7 Å². The van der Waals surface area contributed by atoms with Gasteiger partial charge < -0.3 is 19.5 Å². The molecule has 126 valence electrons. The van der Waals surface area contributed by atoms with E-state index in [0.717, 1.165) is 22.7 Å². The summed E-state index contributed by atoms with van der Waals surface area (Å²) in [5.74, 6) is 0.362. The van der Waals surface area contributed by atoms with Crippen LogP contribution >= 0.6 is 0 Å². The lowest BCUT2D eigenvalue weighted by molar-refractivity contribution is -0.141. The number of carboxylic acids is 1. The number of rotatable bonds is 5. The molecule has 5 nitrogen and oxygen atoms in total. The molecule has 1 aliphatic heterocycles. The van der Waals surface area contributed by atoms with Crippen molar-refractivity contribution in [3.8, 4) is 11.5 Å². The molecule has 1 saturated heterocycles. The molecule has 0 aliphatic carbocycles. The van der Waals surface area contributed by atoms with Crippen LogP contribution in [0.2, 0.25) is 0 Å². The van der Waals surface area contributed by atoms with Gasteiger partial charge in [-0.1, -0.05) is 12.1 Å². The first-order valence-corrected chi connectivity index (χ1v) is 7.91. The molecule has 2 atom stereocenters. The number of aliphatic carboxylic acids is 1. The number of nitrogens with zero attached hydrogens (tertiary/aromatic N) is 1. The number of carbonyl (C=O) groups is 1. The van der Waals surface area contributed by atoms with Crippen molar-refractivity contribution in [1.29, 1.82) is 0 Å². The Balaban J connectivity index is 1.95. The molecule has 0 radical (unpaired) electrons. The van der Waals surface area contributed by atoms with Crippen LogP contribution in [0.4, 0.5) is 5.69 Å². The van der Waals surface area contributed by atoms with Gasteiger partial charge in [-0.3, -0.25) is 4.79 Å². The predicted molar refractivity (Wildman–Crippen MR) is 91.8 cm³/mol. The Morgan fingerprint density at radius 1 is 1.00 bits per heavy atom. The number of benzene rings is 2. The van der Waals surface area contributed by atoms with Crippen molar-refractivity contribution in [3.63, 3.8) is 0 Å². The average molecular weight is 327 g/mol. The van der Waals surface area contributed by atoms with E-state index in [-0.39, 0.29) is 6.04 Å². The molecule has 5 heteroatoms. The van der Waals surface area contributed by atoms with Gasteiger partial charge in [0.05, 0.1) is 26.2 Å². The second kappa shape index (κ2) is 6.83. The molecular formula is C19H21NO4. The van der Waals surface area contributed by atoms with E-state index >= 15 is 0 Å². The third-order valence-corrected chi connectivity index (χ3v) is 4.58. The minimum Gasteiger partial charge on any atom is -0.497 e. The van der Waals surface area contributed by atoms with Gasteiger partial charge in [-0.05, 0) is 48.4 Å². The van der Waals surface area contributed by atoms with Crippen LogP contribution in [0, 0.1) is 5.92 Å². The summed E-state index contributed by atoms with van der Waals surface area (Å²) < 4.78 is 10.4. The largest absolute Gasteiger partial charge is 0.497 e. The first kappa shape index (κ1) is 16.2. The van der Waals surface area contributed by atoms with E-state index in [0.29, 0.717) is 13.0 Å². The van der Waals surface area contributed by atoms with Crippen molar-refractivity contribution in [2.45, 2.75) is 12.5 Å². The molecule has 0 bridgehead atoms. The molecule has 2 aromatic carbocycles. The molecule has 0 amide bonds. The van der Waals surface area contributed by atoms with Crippen LogP contribution in [0.3, 0.4) is 0 Å². The molecule has 0 aromatic heterocycles. The van der Waals surface area contributed by atoms with Crippen molar-refractivity contribution in [3.05, 3.63) is 54.1 Å². The number of hydrogen-bond donors (Lipinski definition) is 1. The van der Waals surface area contributed by atoms with E-state index in [1.54, 1.807) is 14.2 Å². The SMILES string of the molecule is COc1ccc([C@@H]2[C@@H](C(=O)O)CCN2c2ccc(OC)cc2)cc1. The highest BCUT2D eigenvalue weighted by atomic mass is 16.5. The van der Waals surface area contributed by atoms with Crippen molar-refractivity contribution < 1.29 is 19.4 Å². The highest BCUT2D eigenvalue weighted by Crippen LogP contribution is 2.41. The zero-order chi connectivity index (χ0) is 17.1. The van der Waals surface area contributed by atoms with Gasteiger partial charge in [0, 0.05) is 12.2 Å². The summed E-state index contributed by atoms with van der Waals surface area (Å²) in [5.41, 5.74) is 1.98. The van der Waals surface area contributed by atoms with Crippen LogP contribution < -0.4 is 14.4 Å². The lowest BCUT2D eigenvalue weighted by Crippen LogP contribution is -2.28. The van der Waals surface area contributed by atoms with Crippen LogP contribution in [-0.4, -0.2) is 31.8 Å². The summed E-state index contributed by atoms with van der Waals surface area (Å²) in [6.07, 6.45) is 0.623. The standard InChI is InChI=1S/C19H21NO4/c1-23-15-7-3-13(4-8-15)18-17(19(21)22)11-12-20(18)14-5-9-16(24-2)10-6-14/h3-10,17-18H,11-12H2,1-2H3,(H,21,22)/t17-,18+/m0/s1. The third-order valence-electron chi connectivity index (χ3n) is 4.58. The van der Waals surface area contributed by atoms with Gasteiger partial charge in [-0.15, -0.1) is 0 Å². The Morgan fingerprint density at radius 2 is 1.54 bits per heavy atom. The normalized spacial score (nSPS) is 20.0. The van der Waals surface area contributed by atoms with Gasteiger partial charge >= 0.3 is 5.97 Å². The van der Waals surface area contributed by atoms with Gasteiger partial charge in [0.1, 0.15) is 11.5 Å². The van der Waals surface area contributed by atoms with Crippen LogP contribution in [0.1, 0.15) is 18.0 Å². The van der Waals surface area contributed by atoms with Crippen LogP contribution in [0.5, 0.6) is 11.5 Å². The molecule has 1 aliphatic rings. The van der Waals surface area contributed by atoms with Crippen LogP contribution in [0.25, 0.3) is 0 Å². The fraction of sp³-hybridized carbons (Fsp3) is 0.316. The second-order valence-corrected chi connectivity index (χ2v) is 5.84. The molecule has 24 heavy (non-hydrogen) atoms. The van der Waals surface area contributed by atoms with Gasteiger partial charge in [-0.2, -0.15) is 0 Å². The van der Waals surface area contributed by atoms with E-state index < -0.39 is 11.9 Å². The molecular weight excluding hydrogens is 306 g/mol. The number of carboxylic acid groups (broad SMARTS) is 1. The summed E-state index contributed by atoms with van der Waals surface area (Å²) >= 11 is 0. The first-order valence-electron chi connectivity index (χ1n) is 7.91. The smallest absolute Gasteiger partial charge is 0.309 e. The Labute approximate surface area is 141 Å². The van der Waals surface area contributed by atoms with Gasteiger partial charge in [0.2, 0.25) is 0 Å². The van der Waals surface area contributed by atoms with Crippen LogP contribution in [-0.2, 0) is 4.79 Å². The highest BCUT2D eigenvalue weighted by molar-refractivity contribution is 5.74. The summed E-state index contributed by atoms with van der Waals surface area (Å²) in [7, 11) is 3.25.